The van der Waals surface area contributed by atoms with Crippen LogP contribution in [0.15, 0.2) is 0 Å². The topological polar surface area (TPSA) is 20.3 Å². The van der Waals surface area contributed by atoms with Crippen LogP contribution in [0.25, 0.3) is 0 Å². The average Bonchev–Trinajstić information content (AvgIpc) is 2.14. The van der Waals surface area contributed by atoms with E-state index in [1.54, 1.807) is 0 Å². The van der Waals surface area contributed by atoms with Crippen LogP contribution in [0.1, 0.15) is 53.4 Å². The zero-order chi connectivity index (χ0) is 11.5. The summed E-state index contributed by atoms with van der Waals surface area (Å²) in [6, 6.07) is 0. The molecule has 15 heavy (non-hydrogen) atoms. The van der Waals surface area contributed by atoms with Crippen molar-refractivity contribution in [1.82, 2.24) is 4.90 Å². The van der Waals surface area contributed by atoms with E-state index in [4.69, 9.17) is 0 Å². The van der Waals surface area contributed by atoms with E-state index in [2.05, 4.69) is 25.7 Å². The lowest BCUT2D eigenvalue weighted by Gasteiger charge is -2.35. The molecule has 1 saturated heterocycles. The van der Waals surface area contributed by atoms with Gasteiger partial charge in [-0.3, -0.25) is 4.79 Å². The third-order valence-corrected chi connectivity index (χ3v) is 3.08. The van der Waals surface area contributed by atoms with Crippen LogP contribution in [0.4, 0.5) is 0 Å². The summed E-state index contributed by atoms with van der Waals surface area (Å²) in [5, 5.41) is 0. The first-order valence-electron chi connectivity index (χ1n) is 6.20. The van der Waals surface area contributed by atoms with Gasteiger partial charge in [0.2, 0.25) is 5.91 Å². The van der Waals surface area contributed by atoms with Gasteiger partial charge in [0.15, 0.2) is 0 Å². The van der Waals surface area contributed by atoms with E-state index >= 15 is 0 Å². The van der Waals surface area contributed by atoms with E-state index in [1.807, 2.05) is 6.92 Å². The summed E-state index contributed by atoms with van der Waals surface area (Å²) in [6.45, 7) is 10.8. The van der Waals surface area contributed by atoms with Crippen LogP contribution in [0, 0.1) is 11.3 Å². The van der Waals surface area contributed by atoms with Gasteiger partial charge in [-0.1, -0.05) is 27.7 Å². The predicted molar refractivity (Wildman–Crippen MR) is 63.7 cm³/mol. The molecule has 0 aromatic rings. The molecule has 0 aromatic heterocycles. The van der Waals surface area contributed by atoms with Crippen molar-refractivity contribution < 1.29 is 4.79 Å². The van der Waals surface area contributed by atoms with E-state index in [1.165, 1.54) is 19.3 Å². The molecule has 0 aromatic carbocycles. The van der Waals surface area contributed by atoms with Crippen LogP contribution in [-0.2, 0) is 4.79 Å². The molecule has 1 atom stereocenters. The Balaban J connectivity index is 2.46. The highest BCUT2D eigenvalue weighted by Crippen LogP contribution is 2.30. The average molecular weight is 211 g/mol. The molecule has 1 fully saturated rings. The third-order valence-electron chi connectivity index (χ3n) is 3.08. The maximum absolute atomic E-state index is 11.6. The van der Waals surface area contributed by atoms with Crippen LogP contribution < -0.4 is 0 Å². The first kappa shape index (κ1) is 12.5. The summed E-state index contributed by atoms with van der Waals surface area (Å²) < 4.78 is 0. The molecule has 0 bridgehead atoms. The molecular formula is C13H25NO. The zero-order valence-corrected chi connectivity index (χ0v) is 10.7. The number of amides is 1. The second-order valence-electron chi connectivity index (χ2n) is 5.97. The Morgan fingerprint density at radius 1 is 1.40 bits per heavy atom. The van der Waals surface area contributed by atoms with Crippen LogP contribution in [0.5, 0.6) is 0 Å². The molecule has 2 heteroatoms. The molecule has 1 amide bonds. The predicted octanol–water partition coefficient (Wildman–Crippen LogP) is 3.07. The van der Waals surface area contributed by atoms with Crippen molar-refractivity contribution in [3.05, 3.63) is 0 Å². The van der Waals surface area contributed by atoms with Gasteiger partial charge in [-0.05, 0) is 30.6 Å². The molecule has 0 aliphatic carbocycles. The van der Waals surface area contributed by atoms with E-state index in [9.17, 15) is 4.79 Å². The summed E-state index contributed by atoms with van der Waals surface area (Å²) in [5.74, 6) is 1.04. The van der Waals surface area contributed by atoms with Gasteiger partial charge in [0.1, 0.15) is 0 Å². The smallest absolute Gasteiger partial charge is 0.222 e. The van der Waals surface area contributed by atoms with Gasteiger partial charge in [0.25, 0.3) is 0 Å². The van der Waals surface area contributed by atoms with Crippen LogP contribution in [0.3, 0.4) is 0 Å². The van der Waals surface area contributed by atoms with Crippen LogP contribution >= 0.6 is 0 Å². The van der Waals surface area contributed by atoms with Crippen molar-refractivity contribution >= 4 is 5.91 Å². The Morgan fingerprint density at radius 2 is 2.07 bits per heavy atom. The second kappa shape index (κ2) is 5.00. The highest BCUT2D eigenvalue weighted by Gasteiger charge is 2.26. The number of piperidine rings is 1. The van der Waals surface area contributed by atoms with Gasteiger partial charge in [0.05, 0.1) is 0 Å². The minimum atomic E-state index is 0.327. The lowest BCUT2D eigenvalue weighted by Crippen LogP contribution is -2.40. The fraction of sp³-hybridized carbons (Fsp3) is 0.923. The number of likely N-dealkylation sites (tertiary alicyclic amines) is 1. The van der Waals surface area contributed by atoms with Crippen LogP contribution in [-0.4, -0.2) is 23.9 Å². The first-order valence-corrected chi connectivity index (χ1v) is 6.20. The maximum Gasteiger partial charge on any atom is 0.222 e. The summed E-state index contributed by atoms with van der Waals surface area (Å²) in [5.41, 5.74) is 0.392. The van der Waals surface area contributed by atoms with Crippen molar-refractivity contribution in [1.29, 1.82) is 0 Å². The lowest BCUT2D eigenvalue weighted by molar-refractivity contribution is -0.132. The summed E-state index contributed by atoms with van der Waals surface area (Å²) >= 11 is 0. The fourth-order valence-electron chi connectivity index (χ4n) is 2.55. The quantitative estimate of drug-likeness (QED) is 0.687. The Kier molecular flexibility index (Phi) is 4.18. The van der Waals surface area contributed by atoms with E-state index in [0.717, 1.165) is 13.1 Å². The monoisotopic (exact) mass is 211 g/mol. The molecule has 1 aliphatic heterocycles. The largest absolute Gasteiger partial charge is 0.342 e. The van der Waals surface area contributed by atoms with Gasteiger partial charge >= 0.3 is 0 Å². The molecule has 0 radical (unpaired) electrons. The van der Waals surface area contributed by atoms with Gasteiger partial charge in [-0.15, -0.1) is 0 Å². The molecule has 1 aliphatic rings. The summed E-state index contributed by atoms with van der Waals surface area (Å²) in [7, 11) is 0. The van der Waals surface area contributed by atoms with Crippen molar-refractivity contribution in [2.75, 3.05) is 13.1 Å². The standard InChI is InChI=1S/C13H25NO/c1-5-12(15)14-8-6-7-11(10-14)9-13(2,3)4/h11H,5-10H2,1-4H3. The van der Waals surface area contributed by atoms with E-state index in [0.29, 0.717) is 23.7 Å². The van der Waals surface area contributed by atoms with Crippen LogP contribution in [0.2, 0.25) is 0 Å². The number of hydrogen-bond acceptors (Lipinski definition) is 1. The molecular weight excluding hydrogens is 186 g/mol. The SMILES string of the molecule is CCC(=O)N1CCCC(CC(C)(C)C)C1. The highest BCUT2D eigenvalue weighted by molar-refractivity contribution is 5.75. The lowest BCUT2D eigenvalue weighted by atomic mass is 9.81. The minimum Gasteiger partial charge on any atom is -0.342 e. The maximum atomic E-state index is 11.6. The summed E-state index contributed by atoms with van der Waals surface area (Å²) in [6.07, 6.45) is 4.37. The molecule has 88 valence electrons. The second-order valence-corrected chi connectivity index (χ2v) is 5.97. The number of rotatable bonds is 2. The van der Waals surface area contributed by atoms with Crippen molar-refractivity contribution in [2.45, 2.75) is 53.4 Å². The number of carbonyl (C=O) groups excluding carboxylic acids is 1. The Hall–Kier alpha value is -0.530. The molecule has 1 rings (SSSR count). The van der Waals surface area contributed by atoms with Crippen molar-refractivity contribution in [2.24, 2.45) is 11.3 Å². The van der Waals surface area contributed by atoms with Gasteiger partial charge < -0.3 is 4.90 Å². The highest BCUT2D eigenvalue weighted by atomic mass is 16.2. The van der Waals surface area contributed by atoms with Crippen molar-refractivity contribution in [3.63, 3.8) is 0 Å². The molecule has 1 heterocycles. The Bertz CT molecular complexity index is 217. The Morgan fingerprint density at radius 3 is 2.60 bits per heavy atom. The van der Waals surface area contributed by atoms with Crippen molar-refractivity contribution in [3.8, 4) is 0 Å². The zero-order valence-electron chi connectivity index (χ0n) is 10.7. The first-order chi connectivity index (χ1) is 6.92. The van der Waals surface area contributed by atoms with Gasteiger partial charge in [-0.2, -0.15) is 0 Å². The van der Waals surface area contributed by atoms with Gasteiger partial charge in [-0.25, -0.2) is 0 Å². The summed E-state index contributed by atoms with van der Waals surface area (Å²) in [4.78, 5) is 13.7. The minimum absolute atomic E-state index is 0.327. The fourth-order valence-corrected chi connectivity index (χ4v) is 2.55. The van der Waals surface area contributed by atoms with E-state index in [-0.39, 0.29) is 0 Å². The number of nitrogens with zero attached hydrogens (tertiary/aromatic N) is 1. The third kappa shape index (κ3) is 4.23. The van der Waals surface area contributed by atoms with Gasteiger partial charge in [0, 0.05) is 19.5 Å². The molecule has 0 N–H and O–H groups in total. The number of hydrogen-bond donors (Lipinski definition) is 0. The molecule has 0 saturated carbocycles. The molecule has 1 unspecified atom stereocenters. The molecule has 0 spiro atoms. The van der Waals surface area contributed by atoms with E-state index < -0.39 is 0 Å². The normalized spacial score (nSPS) is 22.9. The number of carbonyl (C=O) groups is 1. The Labute approximate surface area is 94.0 Å². The molecule has 2 nitrogen and oxygen atoms in total.